The van der Waals surface area contributed by atoms with Gasteiger partial charge in [0, 0.05) is 29.3 Å². The Balaban J connectivity index is 1.78. The Hall–Kier alpha value is -4.30. The van der Waals surface area contributed by atoms with E-state index in [1.807, 2.05) is 18.2 Å². The predicted octanol–water partition coefficient (Wildman–Crippen LogP) is 7.74. The summed E-state index contributed by atoms with van der Waals surface area (Å²) in [6.07, 6.45) is 0. The summed E-state index contributed by atoms with van der Waals surface area (Å²) < 4.78 is 16.1. The van der Waals surface area contributed by atoms with Crippen molar-refractivity contribution in [2.45, 2.75) is 0 Å². The number of para-hydroxylation sites is 1. The summed E-state index contributed by atoms with van der Waals surface area (Å²) in [5, 5.41) is 3.53. The minimum Gasteiger partial charge on any atom is -0.207 e. The second-order valence-electron chi connectivity index (χ2n) is 8.17. The minimum absolute atomic E-state index is 0.237. The molecule has 0 spiro atoms. The number of benzene rings is 5. The van der Waals surface area contributed by atoms with Gasteiger partial charge in [-0.15, -0.1) is 0 Å². The van der Waals surface area contributed by atoms with Crippen LogP contribution < -0.4 is 4.57 Å². The number of pyridine rings is 1. The van der Waals surface area contributed by atoms with Crippen LogP contribution in [0.2, 0.25) is 0 Å². The van der Waals surface area contributed by atoms with Gasteiger partial charge < -0.3 is 0 Å². The number of nitrogens with zero attached hydrogens (tertiary/aromatic N) is 1. The topological polar surface area (TPSA) is 3.88 Å². The first-order chi connectivity index (χ1) is 16.3. The smallest absolute Gasteiger partial charge is 0.207 e. The number of halogens is 1. The van der Waals surface area contributed by atoms with Crippen molar-refractivity contribution < 1.29 is 8.96 Å². The van der Waals surface area contributed by atoms with Crippen LogP contribution in [0.4, 0.5) is 4.39 Å². The molecule has 1 heterocycles. The average Bonchev–Trinajstić information content (AvgIpc) is 2.88. The van der Waals surface area contributed by atoms with Crippen LogP contribution >= 0.6 is 0 Å². The molecule has 0 radical (unpaired) electrons. The van der Waals surface area contributed by atoms with Crippen molar-refractivity contribution >= 4 is 21.7 Å². The largest absolute Gasteiger partial charge is 0.219 e. The summed E-state index contributed by atoms with van der Waals surface area (Å²) >= 11 is 0. The molecule has 0 atom stereocenters. The molecule has 5 aromatic carbocycles. The van der Waals surface area contributed by atoms with E-state index in [4.69, 9.17) is 0 Å². The van der Waals surface area contributed by atoms with Gasteiger partial charge in [-0.1, -0.05) is 72.8 Å². The maximum Gasteiger partial charge on any atom is 0.219 e. The van der Waals surface area contributed by atoms with E-state index in [1.54, 1.807) is 0 Å². The van der Waals surface area contributed by atoms with E-state index in [0.717, 1.165) is 33.6 Å². The zero-order valence-corrected chi connectivity index (χ0v) is 17.9. The van der Waals surface area contributed by atoms with Gasteiger partial charge in [-0.2, -0.15) is 4.57 Å². The normalized spacial score (nSPS) is 11.2. The number of aromatic nitrogens is 1. The predicted molar refractivity (Wildman–Crippen MR) is 134 cm³/mol. The van der Waals surface area contributed by atoms with Crippen molar-refractivity contribution in [3.63, 3.8) is 0 Å². The summed E-state index contributed by atoms with van der Waals surface area (Å²) in [6, 6.07) is 42.8. The van der Waals surface area contributed by atoms with Crippen LogP contribution in [0.1, 0.15) is 0 Å². The van der Waals surface area contributed by atoms with E-state index in [9.17, 15) is 4.39 Å². The molecule has 156 valence electrons. The van der Waals surface area contributed by atoms with Crippen molar-refractivity contribution in [2.75, 3.05) is 0 Å². The molecule has 0 bridgehead atoms. The van der Waals surface area contributed by atoms with Crippen LogP contribution in [-0.2, 0) is 0 Å². The molecule has 6 aromatic rings. The van der Waals surface area contributed by atoms with Gasteiger partial charge in [-0.3, -0.25) is 0 Å². The Morgan fingerprint density at radius 1 is 0.515 bits per heavy atom. The first kappa shape index (κ1) is 19.4. The number of fused-ring (bicyclic) bond motifs is 2. The zero-order chi connectivity index (χ0) is 22.2. The maximum atomic E-state index is 13.8. The third kappa shape index (κ3) is 3.37. The summed E-state index contributed by atoms with van der Waals surface area (Å²) in [7, 11) is 0. The lowest BCUT2D eigenvalue weighted by molar-refractivity contribution is -0.553. The molecule has 1 aromatic heterocycles. The summed E-state index contributed by atoms with van der Waals surface area (Å²) in [5.74, 6) is -0.237. The molecule has 33 heavy (non-hydrogen) atoms. The fraction of sp³-hybridized carbons (Fsp3) is 0. The standard InChI is InChI=1S/C31H21FN/c32-25-19-17-24(18-20-25)31-21-28(23-9-2-1-3-10-23)27-14-6-7-15-30(27)33(31)29-16-8-12-22-11-4-5-13-26(22)29/h1-21H/q+1. The van der Waals surface area contributed by atoms with Crippen molar-refractivity contribution in [1.29, 1.82) is 0 Å². The molecule has 0 saturated heterocycles. The molecule has 0 N–H and O–H groups in total. The molecular formula is C31H21FN+. The lowest BCUT2D eigenvalue weighted by Gasteiger charge is -2.13. The van der Waals surface area contributed by atoms with Gasteiger partial charge in [0.1, 0.15) is 5.82 Å². The molecular weight excluding hydrogens is 405 g/mol. The Bertz CT molecular complexity index is 1600. The summed E-state index contributed by atoms with van der Waals surface area (Å²) in [5.41, 5.74) is 6.50. The monoisotopic (exact) mass is 426 g/mol. The van der Waals surface area contributed by atoms with E-state index >= 15 is 0 Å². The molecule has 0 saturated carbocycles. The van der Waals surface area contributed by atoms with E-state index < -0.39 is 0 Å². The molecule has 0 aliphatic rings. The highest BCUT2D eigenvalue weighted by molar-refractivity contribution is 5.96. The third-order valence-electron chi connectivity index (χ3n) is 6.19. The lowest BCUT2D eigenvalue weighted by Crippen LogP contribution is -2.35. The Labute approximate surface area is 192 Å². The maximum absolute atomic E-state index is 13.8. The molecule has 0 amide bonds. The molecule has 0 aliphatic heterocycles. The summed E-state index contributed by atoms with van der Waals surface area (Å²) in [6.45, 7) is 0. The second kappa shape index (κ2) is 7.99. The number of hydrogen-bond donors (Lipinski definition) is 0. The van der Waals surface area contributed by atoms with E-state index in [0.29, 0.717) is 0 Å². The van der Waals surface area contributed by atoms with Crippen molar-refractivity contribution in [1.82, 2.24) is 0 Å². The van der Waals surface area contributed by atoms with E-state index in [-0.39, 0.29) is 5.82 Å². The molecule has 0 aliphatic carbocycles. The molecule has 2 heteroatoms. The highest BCUT2D eigenvalue weighted by Crippen LogP contribution is 2.33. The fourth-order valence-corrected chi connectivity index (χ4v) is 4.66. The zero-order valence-electron chi connectivity index (χ0n) is 17.9. The van der Waals surface area contributed by atoms with Crippen molar-refractivity contribution in [3.8, 4) is 28.1 Å². The highest BCUT2D eigenvalue weighted by atomic mass is 19.1. The first-order valence-corrected chi connectivity index (χ1v) is 11.1. The van der Waals surface area contributed by atoms with Gasteiger partial charge in [0.2, 0.25) is 16.9 Å². The van der Waals surface area contributed by atoms with Crippen LogP contribution in [0.5, 0.6) is 0 Å². The van der Waals surface area contributed by atoms with Crippen molar-refractivity contribution in [2.24, 2.45) is 0 Å². The van der Waals surface area contributed by atoms with Crippen molar-refractivity contribution in [3.05, 3.63) is 133 Å². The number of rotatable bonds is 3. The van der Waals surface area contributed by atoms with Crippen LogP contribution in [0.25, 0.3) is 49.7 Å². The van der Waals surface area contributed by atoms with Crippen LogP contribution in [-0.4, -0.2) is 0 Å². The highest BCUT2D eigenvalue weighted by Gasteiger charge is 2.25. The molecule has 0 fully saturated rings. The first-order valence-electron chi connectivity index (χ1n) is 11.1. The minimum atomic E-state index is -0.237. The fourth-order valence-electron chi connectivity index (χ4n) is 4.66. The van der Waals surface area contributed by atoms with Gasteiger partial charge >= 0.3 is 0 Å². The SMILES string of the molecule is Fc1ccc(-c2cc(-c3ccccc3)c3ccccc3[n+]2-c2cccc3ccccc23)cc1. The van der Waals surface area contributed by atoms with Gasteiger partial charge in [0.05, 0.1) is 10.8 Å². The van der Waals surface area contributed by atoms with Gasteiger partial charge in [0.15, 0.2) is 0 Å². The Kier molecular flexibility index (Phi) is 4.70. The Morgan fingerprint density at radius 2 is 1.18 bits per heavy atom. The quantitative estimate of drug-likeness (QED) is 0.255. The molecule has 6 rings (SSSR count). The average molecular weight is 427 g/mol. The van der Waals surface area contributed by atoms with Gasteiger partial charge in [0.25, 0.3) is 0 Å². The van der Waals surface area contributed by atoms with E-state index in [2.05, 4.69) is 102 Å². The van der Waals surface area contributed by atoms with E-state index in [1.165, 1.54) is 28.3 Å². The van der Waals surface area contributed by atoms with Crippen LogP contribution in [0, 0.1) is 5.82 Å². The van der Waals surface area contributed by atoms with Crippen LogP contribution in [0.3, 0.4) is 0 Å². The van der Waals surface area contributed by atoms with Crippen LogP contribution in [0.15, 0.2) is 127 Å². The lowest BCUT2D eigenvalue weighted by atomic mass is 9.96. The third-order valence-corrected chi connectivity index (χ3v) is 6.19. The number of hydrogen-bond acceptors (Lipinski definition) is 0. The Morgan fingerprint density at radius 3 is 2.00 bits per heavy atom. The molecule has 1 nitrogen and oxygen atoms in total. The second-order valence-corrected chi connectivity index (χ2v) is 8.17. The molecule has 0 unspecified atom stereocenters. The van der Waals surface area contributed by atoms with Gasteiger partial charge in [-0.25, -0.2) is 4.39 Å². The summed E-state index contributed by atoms with van der Waals surface area (Å²) in [4.78, 5) is 0. The van der Waals surface area contributed by atoms with Gasteiger partial charge in [-0.05, 0) is 47.3 Å².